The average molecular weight is 276 g/mol. The Balaban J connectivity index is 1.84. The summed E-state index contributed by atoms with van der Waals surface area (Å²) in [4.78, 5) is 17.1. The molecule has 0 radical (unpaired) electrons. The van der Waals surface area contributed by atoms with Crippen LogP contribution in [0.15, 0.2) is 24.3 Å². The normalized spacial score (nSPS) is 22.4. The van der Waals surface area contributed by atoms with Crippen LogP contribution in [0.2, 0.25) is 0 Å². The molecule has 3 nitrogen and oxygen atoms in total. The van der Waals surface area contributed by atoms with E-state index in [1.807, 2.05) is 11.0 Å². The second-order valence-corrected chi connectivity index (χ2v) is 6.04. The van der Waals surface area contributed by atoms with Crippen LogP contribution in [-0.4, -0.2) is 48.9 Å². The lowest BCUT2D eigenvalue weighted by Crippen LogP contribution is -2.56. The minimum absolute atomic E-state index is 0.197. The highest BCUT2D eigenvalue weighted by atomic mass is 19.1. The molecule has 1 amide bonds. The van der Waals surface area contributed by atoms with Crippen molar-refractivity contribution in [2.24, 2.45) is 0 Å². The topological polar surface area (TPSA) is 23.6 Å². The van der Waals surface area contributed by atoms with Crippen molar-refractivity contribution < 1.29 is 9.18 Å². The maximum Gasteiger partial charge on any atom is 0.233 e. The maximum absolute atomic E-state index is 13.5. The Bertz CT molecular complexity index is 505. The Kier molecular flexibility index (Phi) is 3.50. The van der Waals surface area contributed by atoms with Gasteiger partial charge in [-0.1, -0.05) is 18.6 Å². The molecule has 3 rings (SSSR count). The minimum atomic E-state index is -0.460. The molecule has 0 aromatic heterocycles. The quantitative estimate of drug-likeness (QED) is 0.825. The molecule has 0 bridgehead atoms. The summed E-state index contributed by atoms with van der Waals surface area (Å²) in [7, 11) is 2.08. The fraction of sp³-hybridized carbons (Fsp3) is 0.562. The van der Waals surface area contributed by atoms with E-state index >= 15 is 0 Å². The maximum atomic E-state index is 13.5. The van der Waals surface area contributed by atoms with Crippen molar-refractivity contribution in [3.63, 3.8) is 0 Å². The summed E-state index contributed by atoms with van der Waals surface area (Å²) < 4.78 is 13.5. The van der Waals surface area contributed by atoms with Crippen molar-refractivity contribution in [2.45, 2.75) is 24.7 Å². The smallest absolute Gasteiger partial charge is 0.233 e. The fourth-order valence-electron chi connectivity index (χ4n) is 3.25. The number of nitrogens with zero attached hydrogens (tertiary/aromatic N) is 2. The van der Waals surface area contributed by atoms with Crippen LogP contribution >= 0.6 is 0 Å². The van der Waals surface area contributed by atoms with E-state index in [0.717, 1.165) is 51.0 Å². The monoisotopic (exact) mass is 276 g/mol. The molecule has 1 aliphatic heterocycles. The summed E-state index contributed by atoms with van der Waals surface area (Å²) in [6.45, 7) is 3.41. The van der Waals surface area contributed by atoms with Gasteiger partial charge in [-0.2, -0.15) is 0 Å². The summed E-state index contributed by atoms with van der Waals surface area (Å²) in [6, 6.07) is 6.58. The molecule has 1 aliphatic carbocycles. The molecule has 1 aromatic carbocycles. The molecule has 0 spiro atoms. The lowest BCUT2D eigenvalue weighted by molar-refractivity contribution is -0.142. The van der Waals surface area contributed by atoms with Crippen molar-refractivity contribution in [3.05, 3.63) is 35.6 Å². The molecule has 2 fully saturated rings. The van der Waals surface area contributed by atoms with Gasteiger partial charge in [-0.15, -0.1) is 0 Å². The molecule has 108 valence electrons. The van der Waals surface area contributed by atoms with Gasteiger partial charge < -0.3 is 9.80 Å². The third-order valence-electron chi connectivity index (χ3n) is 4.78. The highest BCUT2D eigenvalue weighted by Gasteiger charge is 2.47. The van der Waals surface area contributed by atoms with Gasteiger partial charge in [-0.05, 0) is 37.6 Å². The number of halogens is 1. The van der Waals surface area contributed by atoms with E-state index in [4.69, 9.17) is 0 Å². The Morgan fingerprint density at radius 3 is 2.45 bits per heavy atom. The van der Waals surface area contributed by atoms with Gasteiger partial charge in [0.1, 0.15) is 5.82 Å². The van der Waals surface area contributed by atoms with E-state index < -0.39 is 5.41 Å². The van der Waals surface area contributed by atoms with Crippen LogP contribution in [0.5, 0.6) is 0 Å². The summed E-state index contributed by atoms with van der Waals surface area (Å²) in [5.41, 5.74) is 0.394. The van der Waals surface area contributed by atoms with Crippen molar-refractivity contribution in [1.29, 1.82) is 0 Å². The van der Waals surface area contributed by atoms with Crippen molar-refractivity contribution in [1.82, 2.24) is 9.80 Å². The third kappa shape index (κ3) is 2.22. The molecule has 0 atom stereocenters. The van der Waals surface area contributed by atoms with Crippen LogP contribution in [0.25, 0.3) is 0 Å². The molecule has 20 heavy (non-hydrogen) atoms. The molecular formula is C16H21FN2O. The molecule has 1 saturated carbocycles. The molecule has 0 unspecified atom stereocenters. The number of rotatable bonds is 2. The zero-order chi connectivity index (χ0) is 14.2. The first-order valence-corrected chi connectivity index (χ1v) is 7.36. The Labute approximate surface area is 119 Å². The standard InChI is InChI=1S/C16H21FN2O/c1-18-8-10-19(11-9-18)15(20)16(6-3-7-16)13-4-2-5-14(17)12-13/h2,4-5,12H,3,6-11H2,1H3. The van der Waals surface area contributed by atoms with Crippen molar-refractivity contribution in [2.75, 3.05) is 33.2 Å². The lowest BCUT2D eigenvalue weighted by atomic mass is 9.63. The highest BCUT2D eigenvalue weighted by molar-refractivity contribution is 5.89. The van der Waals surface area contributed by atoms with Gasteiger partial charge in [0.15, 0.2) is 0 Å². The zero-order valence-electron chi connectivity index (χ0n) is 11.9. The predicted octanol–water partition coefficient (Wildman–Crippen LogP) is 2.02. The SMILES string of the molecule is CN1CCN(C(=O)C2(c3cccc(F)c3)CCC2)CC1. The van der Waals surface area contributed by atoms with E-state index in [0.29, 0.717) is 0 Å². The van der Waals surface area contributed by atoms with Crippen LogP contribution < -0.4 is 0 Å². The second kappa shape index (κ2) is 5.17. The molecule has 0 N–H and O–H groups in total. The summed E-state index contributed by atoms with van der Waals surface area (Å²) in [5, 5.41) is 0. The minimum Gasteiger partial charge on any atom is -0.339 e. The number of hydrogen-bond acceptors (Lipinski definition) is 2. The molecule has 1 heterocycles. The number of piperazine rings is 1. The molecular weight excluding hydrogens is 255 g/mol. The fourth-order valence-corrected chi connectivity index (χ4v) is 3.25. The van der Waals surface area contributed by atoms with Gasteiger partial charge in [-0.25, -0.2) is 4.39 Å². The van der Waals surface area contributed by atoms with Crippen LogP contribution in [-0.2, 0) is 10.2 Å². The average Bonchev–Trinajstić information content (AvgIpc) is 2.38. The van der Waals surface area contributed by atoms with Crippen LogP contribution in [0.1, 0.15) is 24.8 Å². The summed E-state index contributed by atoms with van der Waals surface area (Å²) in [6.07, 6.45) is 2.75. The van der Waals surface area contributed by atoms with E-state index in [1.54, 1.807) is 6.07 Å². The van der Waals surface area contributed by atoms with E-state index in [-0.39, 0.29) is 11.7 Å². The Morgan fingerprint density at radius 2 is 1.90 bits per heavy atom. The van der Waals surface area contributed by atoms with Gasteiger partial charge in [0, 0.05) is 26.2 Å². The van der Waals surface area contributed by atoms with Gasteiger partial charge in [0.2, 0.25) is 5.91 Å². The van der Waals surface area contributed by atoms with Crippen LogP contribution in [0, 0.1) is 5.82 Å². The first-order valence-electron chi connectivity index (χ1n) is 7.36. The summed E-state index contributed by atoms with van der Waals surface area (Å²) in [5.74, 6) is -0.0533. The molecule has 1 aromatic rings. The van der Waals surface area contributed by atoms with E-state index in [9.17, 15) is 9.18 Å². The van der Waals surface area contributed by atoms with Gasteiger partial charge >= 0.3 is 0 Å². The highest BCUT2D eigenvalue weighted by Crippen LogP contribution is 2.45. The third-order valence-corrected chi connectivity index (χ3v) is 4.78. The van der Waals surface area contributed by atoms with Gasteiger partial charge in [0.05, 0.1) is 5.41 Å². The number of amides is 1. The predicted molar refractivity (Wildman–Crippen MR) is 76.0 cm³/mol. The Hall–Kier alpha value is -1.42. The molecule has 4 heteroatoms. The number of carbonyl (C=O) groups excluding carboxylic acids is 1. The van der Waals surface area contributed by atoms with E-state index in [1.165, 1.54) is 12.1 Å². The van der Waals surface area contributed by atoms with Gasteiger partial charge in [-0.3, -0.25) is 4.79 Å². The van der Waals surface area contributed by atoms with Crippen LogP contribution in [0.3, 0.4) is 0 Å². The first-order chi connectivity index (χ1) is 9.62. The van der Waals surface area contributed by atoms with E-state index in [2.05, 4.69) is 11.9 Å². The number of carbonyl (C=O) groups is 1. The lowest BCUT2D eigenvalue weighted by Gasteiger charge is -2.45. The van der Waals surface area contributed by atoms with Gasteiger partial charge in [0.25, 0.3) is 0 Å². The van der Waals surface area contributed by atoms with Crippen molar-refractivity contribution >= 4 is 5.91 Å². The largest absolute Gasteiger partial charge is 0.339 e. The molecule has 2 aliphatic rings. The Morgan fingerprint density at radius 1 is 1.20 bits per heavy atom. The number of hydrogen-bond donors (Lipinski definition) is 0. The summed E-state index contributed by atoms with van der Waals surface area (Å²) >= 11 is 0. The van der Waals surface area contributed by atoms with Crippen molar-refractivity contribution in [3.8, 4) is 0 Å². The second-order valence-electron chi connectivity index (χ2n) is 6.04. The first kappa shape index (κ1) is 13.6. The zero-order valence-corrected chi connectivity index (χ0v) is 11.9. The number of benzene rings is 1. The van der Waals surface area contributed by atoms with Crippen LogP contribution in [0.4, 0.5) is 4.39 Å². The number of likely N-dealkylation sites (N-methyl/N-ethyl adjacent to an activating group) is 1. The molecule has 1 saturated heterocycles.